The summed E-state index contributed by atoms with van der Waals surface area (Å²) in [5.41, 5.74) is 0. The first-order valence-corrected chi connectivity index (χ1v) is 6.21. The Hall–Kier alpha value is -0.360. The molecule has 80 valence electrons. The fraction of sp³-hybridized carbons (Fsp3) is 0.333. The lowest BCUT2D eigenvalue weighted by Gasteiger charge is -2.32. The van der Waals surface area contributed by atoms with Gasteiger partial charge in [0, 0.05) is 18.4 Å². The van der Waals surface area contributed by atoms with E-state index in [9.17, 15) is 5.11 Å². The van der Waals surface area contributed by atoms with Gasteiger partial charge in [-0.1, -0.05) is 35.6 Å². The fourth-order valence-electron chi connectivity index (χ4n) is 1.33. The number of pyridine rings is 1. The van der Waals surface area contributed by atoms with E-state index in [-0.39, 0.29) is 0 Å². The van der Waals surface area contributed by atoms with Gasteiger partial charge in [-0.3, -0.25) is 4.90 Å². The Morgan fingerprint density at radius 3 is 3.00 bits per heavy atom. The van der Waals surface area contributed by atoms with Crippen molar-refractivity contribution in [3.63, 3.8) is 0 Å². The highest BCUT2D eigenvalue weighted by molar-refractivity contribution is 8.23. The molecule has 0 amide bonds. The van der Waals surface area contributed by atoms with Gasteiger partial charge in [0.25, 0.3) is 0 Å². The van der Waals surface area contributed by atoms with E-state index < -0.39 is 6.23 Å². The van der Waals surface area contributed by atoms with E-state index >= 15 is 0 Å². The van der Waals surface area contributed by atoms with Gasteiger partial charge in [-0.15, -0.1) is 0 Å². The molecule has 0 aliphatic carbocycles. The molecule has 1 aromatic rings. The zero-order valence-corrected chi connectivity index (χ0v) is 10.1. The lowest BCUT2D eigenvalue weighted by Crippen LogP contribution is -2.42. The number of anilines is 1. The molecule has 1 atom stereocenters. The minimum atomic E-state index is -0.576. The van der Waals surface area contributed by atoms with Crippen LogP contribution in [0.5, 0.6) is 0 Å². The smallest absolute Gasteiger partial charge is 0.144 e. The van der Waals surface area contributed by atoms with Crippen LogP contribution in [0.1, 0.15) is 6.42 Å². The Bertz CT molecular complexity index is 371. The van der Waals surface area contributed by atoms with E-state index in [1.807, 2.05) is 0 Å². The van der Waals surface area contributed by atoms with Gasteiger partial charge in [-0.05, 0) is 12.1 Å². The molecular weight excluding hydrogens is 252 g/mol. The first-order chi connectivity index (χ1) is 7.18. The maximum absolute atomic E-state index is 9.81. The number of aliphatic hydroxyl groups is 1. The number of rotatable bonds is 1. The average molecular weight is 261 g/mol. The Labute approximate surface area is 102 Å². The maximum Gasteiger partial charge on any atom is 0.144 e. The van der Waals surface area contributed by atoms with Crippen LogP contribution in [0.3, 0.4) is 0 Å². The van der Waals surface area contributed by atoms with E-state index in [4.69, 9.17) is 23.8 Å². The molecule has 1 unspecified atom stereocenters. The lowest BCUT2D eigenvalue weighted by molar-refractivity contribution is 0.180. The Balaban J connectivity index is 2.27. The Kier molecular flexibility index (Phi) is 3.45. The quantitative estimate of drug-likeness (QED) is 0.784. The van der Waals surface area contributed by atoms with E-state index in [0.29, 0.717) is 21.6 Å². The van der Waals surface area contributed by atoms with Gasteiger partial charge in [-0.2, -0.15) is 0 Å². The van der Waals surface area contributed by atoms with Crippen LogP contribution >= 0.6 is 35.6 Å². The maximum atomic E-state index is 9.81. The topological polar surface area (TPSA) is 36.4 Å². The number of hydrogen-bond donors (Lipinski definition) is 1. The molecule has 15 heavy (non-hydrogen) atoms. The predicted molar refractivity (Wildman–Crippen MR) is 67.4 cm³/mol. The highest BCUT2D eigenvalue weighted by Crippen LogP contribution is 2.27. The van der Waals surface area contributed by atoms with Gasteiger partial charge < -0.3 is 5.11 Å². The summed E-state index contributed by atoms with van der Waals surface area (Å²) in [6.07, 6.45) is 1.66. The molecule has 0 aromatic carbocycles. The van der Waals surface area contributed by atoms with Crippen LogP contribution in [0.2, 0.25) is 5.02 Å². The molecule has 1 fully saturated rings. The highest BCUT2D eigenvalue weighted by Gasteiger charge is 2.26. The third kappa shape index (κ3) is 2.42. The van der Waals surface area contributed by atoms with Crippen molar-refractivity contribution in [2.45, 2.75) is 12.6 Å². The second-order valence-corrected chi connectivity index (χ2v) is 5.25. The van der Waals surface area contributed by atoms with Crippen LogP contribution in [-0.2, 0) is 0 Å². The number of thiocarbonyl (C=S) groups is 1. The third-order valence-electron chi connectivity index (χ3n) is 2.05. The van der Waals surface area contributed by atoms with Crippen molar-refractivity contribution in [1.29, 1.82) is 0 Å². The SMILES string of the molecule is OC1CCSC(=S)N1c1ccc(Cl)cn1. The van der Waals surface area contributed by atoms with Crippen molar-refractivity contribution >= 4 is 45.7 Å². The number of aliphatic hydroxyl groups excluding tert-OH is 1. The summed E-state index contributed by atoms with van der Waals surface area (Å²) in [6.45, 7) is 0. The molecule has 6 heteroatoms. The summed E-state index contributed by atoms with van der Waals surface area (Å²) in [6, 6.07) is 3.49. The Morgan fingerprint density at radius 2 is 2.40 bits per heavy atom. The van der Waals surface area contributed by atoms with Gasteiger partial charge in [-0.25, -0.2) is 4.98 Å². The van der Waals surface area contributed by atoms with Gasteiger partial charge in [0.2, 0.25) is 0 Å². The molecule has 0 saturated carbocycles. The molecule has 1 aromatic heterocycles. The Morgan fingerprint density at radius 1 is 1.60 bits per heavy atom. The van der Waals surface area contributed by atoms with Crippen LogP contribution < -0.4 is 4.90 Å². The normalized spacial score (nSPS) is 21.9. The largest absolute Gasteiger partial charge is 0.373 e. The molecule has 1 N–H and O–H groups in total. The number of thioether (sulfide) groups is 1. The van der Waals surface area contributed by atoms with Crippen molar-refractivity contribution in [2.75, 3.05) is 10.7 Å². The second kappa shape index (κ2) is 4.65. The molecule has 1 aliphatic heterocycles. The minimum absolute atomic E-state index is 0.573. The number of nitrogens with zero attached hydrogens (tertiary/aromatic N) is 2. The summed E-state index contributed by atoms with van der Waals surface area (Å²) < 4.78 is 0.656. The average Bonchev–Trinajstić information content (AvgIpc) is 2.20. The minimum Gasteiger partial charge on any atom is -0.373 e. The van der Waals surface area contributed by atoms with Crippen LogP contribution in [0, 0.1) is 0 Å². The first-order valence-electron chi connectivity index (χ1n) is 4.44. The van der Waals surface area contributed by atoms with Crippen LogP contribution in [0.15, 0.2) is 18.3 Å². The lowest BCUT2D eigenvalue weighted by atomic mass is 10.3. The predicted octanol–water partition coefficient (Wildman–Crippen LogP) is 2.28. The van der Waals surface area contributed by atoms with Gasteiger partial charge in [0.1, 0.15) is 16.4 Å². The zero-order valence-electron chi connectivity index (χ0n) is 7.76. The molecule has 1 saturated heterocycles. The van der Waals surface area contributed by atoms with Gasteiger partial charge >= 0.3 is 0 Å². The van der Waals surface area contributed by atoms with E-state index in [0.717, 1.165) is 5.75 Å². The van der Waals surface area contributed by atoms with E-state index in [2.05, 4.69) is 4.98 Å². The fourth-order valence-corrected chi connectivity index (χ4v) is 2.76. The molecule has 0 radical (unpaired) electrons. The summed E-state index contributed by atoms with van der Waals surface area (Å²) in [5, 5.41) is 10.4. The van der Waals surface area contributed by atoms with Crippen molar-refractivity contribution in [3.8, 4) is 0 Å². The summed E-state index contributed by atoms with van der Waals surface area (Å²) in [4.78, 5) is 5.79. The molecule has 0 spiro atoms. The highest BCUT2D eigenvalue weighted by atomic mass is 35.5. The third-order valence-corrected chi connectivity index (χ3v) is 3.71. The van der Waals surface area contributed by atoms with Crippen LogP contribution in [0.25, 0.3) is 0 Å². The molecule has 2 rings (SSSR count). The summed E-state index contributed by atoms with van der Waals surface area (Å²) in [7, 11) is 0. The van der Waals surface area contributed by atoms with Gasteiger partial charge in [0.05, 0.1) is 5.02 Å². The van der Waals surface area contributed by atoms with Crippen molar-refractivity contribution in [1.82, 2.24) is 4.98 Å². The number of halogens is 1. The second-order valence-electron chi connectivity index (χ2n) is 3.09. The van der Waals surface area contributed by atoms with Crippen molar-refractivity contribution in [3.05, 3.63) is 23.4 Å². The van der Waals surface area contributed by atoms with Crippen LogP contribution in [0.4, 0.5) is 5.82 Å². The number of aromatic nitrogens is 1. The van der Waals surface area contributed by atoms with Crippen molar-refractivity contribution < 1.29 is 5.11 Å². The molecule has 0 bridgehead atoms. The molecular formula is C9H9ClN2OS2. The molecule has 1 aliphatic rings. The van der Waals surface area contributed by atoms with E-state index in [1.54, 1.807) is 35.0 Å². The van der Waals surface area contributed by atoms with Crippen LogP contribution in [-0.4, -0.2) is 26.4 Å². The zero-order chi connectivity index (χ0) is 10.8. The van der Waals surface area contributed by atoms with E-state index in [1.165, 1.54) is 0 Å². The first kappa shape index (κ1) is 11.1. The van der Waals surface area contributed by atoms with Gasteiger partial charge in [0.15, 0.2) is 0 Å². The summed E-state index contributed by atoms with van der Waals surface area (Å²) in [5.74, 6) is 1.49. The molecule has 3 nitrogen and oxygen atoms in total. The monoisotopic (exact) mass is 260 g/mol. The summed E-state index contributed by atoms with van der Waals surface area (Å²) >= 11 is 12.5. The number of hydrogen-bond acceptors (Lipinski definition) is 4. The standard InChI is InChI=1S/C9H9ClN2OS2/c10-6-1-2-7(11-5-6)12-8(13)3-4-15-9(12)14/h1-2,5,8,13H,3-4H2. The van der Waals surface area contributed by atoms with Crippen molar-refractivity contribution in [2.24, 2.45) is 0 Å². The molecule has 2 heterocycles.